The van der Waals surface area contributed by atoms with Gasteiger partial charge in [0.2, 0.25) is 10.0 Å². The molecule has 1 amide bonds. The molecule has 8 nitrogen and oxygen atoms in total. The maximum absolute atomic E-state index is 13.1. The van der Waals surface area contributed by atoms with Gasteiger partial charge < -0.3 is 19.1 Å². The number of nitrogens with zero attached hydrogens (tertiary/aromatic N) is 2. The second kappa shape index (κ2) is 9.79. The second-order valence-electron chi connectivity index (χ2n) is 7.70. The third kappa shape index (κ3) is 4.83. The van der Waals surface area contributed by atoms with Gasteiger partial charge in [-0.15, -0.1) is 0 Å². The molecule has 1 fully saturated rings. The normalized spacial score (nSPS) is 15.8. The lowest BCUT2D eigenvalue weighted by Crippen LogP contribution is -2.53. The zero-order valence-corrected chi connectivity index (χ0v) is 19.9. The molecule has 0 saturated carbocycles. The fourth-order valence-electron chi connectivity index (χ4n) is 3.62. The van der Waals surface area contributed by atoms with Crippen molar-refractivity contribution in [2.75, 3.05) is 40.4 Å². The number of ether oxygens (including phenoxy) is 3. The number of hydrogen-bond acceptors (Lipinski definition) is 6. The fourth-order valence-corrected chi connectivity index (χ4v) is 5.06. The Bertz CT molecular complexity index is 1080. The van der Waals surface area contributed by atoms with Crippen LogP contribution in [0.4, 0.5) is 0 Å². The third-order valence-electron chi connectivity index (χ3n) is 5.75. The van der Waals surface area contributed by atoms with Gasteiger partial charge in [0.25, 0.3) is 5.91 Å². The summed E-state index contributed by atoms with van der Waals surface area (Å²) in [7, 11) is -0.768. The lowest BCUT2D eigenvalue weighted by Gasteiger charge is -2.35. The molecule has 32 heavy (non-hydrogen) atoms. The van der Waals surface area contributed by atoms with Crippen molar-refractivity contribution >= 4 is 15.9 Å². The van der Waals surface area contributed by atoms with Crippen LogP contribution in [0.3, 0.4) is 0 Å². The Kier molecular flexibility index (Phi) is 7.30. The molecule has 0 radical (unpaired) electrons. The molecule has 0 spiro atoms. The summed E-state index contributed by atoms with van der Waals surface area (Å²) in [5, 5.41) is 0. The van der Waals surface area contributed by atoms with Crippen LogP contribution in [0.2, 0.25) is 0 Å². The summed E-state index contributed by atoms with van der Waals surface area (Å²) in [6.07, 6.45) is -0.662. The van der Waals surface area contributed by atoms with Crippen LogP contribution in [0.1, 0.15) is 18.1 Å². The van der Waals surface area contributed by atoms with E-state index in [9.17, 15) is 13.2 Å². The molecule has 1 unspecified atom stereocenters. The molecule has 2 aromatic carbocycles. The quantitative estimate of drug-likeness (QED) is 0.629. The summed E-state index contributed by atoms with van der Waals surface area (Å²) in [5.74, 6) is 1.33. The van der Waals surface area contributed by atoms with Gasteiger partial charge in [-0.1, -0.05) is 12.1 Å². The fraction of sp³-hybridized carbons (Fsp3) is 0.435. The minimum absolute atomic E-state index is 0.126. The summed E-state index contributed by atoms with van der Waals surface area (Å²) < 4.78 is 43.8. The first-order chi connectivity index (χ1) is 15.2. The molecule has 174 valence electrons. The van der Waals surface area contributed by atoms with Gasteiger partial charge in [0.05, 0.1) is 19.1 Å². The van der Waals surface area contributed by atoms with Crippen molar-refractivity contribution in [2.24, 2.45) is 0 Å². The van der Waals surface area contributed by atoms with Crippen LogP contribution in [0.5, 0.6) is 17.2 Å². The van der Waals surface area contributed by atoms with Gasteiger partial charge in [-0.25, -0.2) is 8.42 Å². The van der Waals surface area contributed by atoms with Crippen LogP contribution in [-0.2, 0) is 14.8 Å². The highest BCUT2D eigenvalue weighted by molar-refractivity contribution is 7.89. The summed E-state index contributed by atoms with van der Waals surface area (Å²) in [5.41, 5.74) is 2.09. The molecular weight excluding hydrogens is 432 g/mol. The topological polar surface area (TPSA) is 85.4 Å². The molecule has 0 bridgehead atoms. The number of carbonyl (C=O) groups is 1. The number of rotatable bonds is 7. The van der Waals surface area contributed by atoms with Gasteiger partial charge in [-0.3, -0.25) is 4.79 Å². The number of hydrogen-bond donors (Lipinski definition) is 0. The van der Waals surface area contributed by atoms with E-state index in [1.165, 1.54) is 30.7 Å². The van der Waals surface area contributed by atoms with Crippen molar-refractivity contribution in [1.29, 1.82) is 0 Å². The van der Waals surface area contributed by atoms with Gasteiger partial charge in [0.15, 0.2) is 17.6 Å². The van der Waals surface area contributed by atoms with Crippen molar-refractivity contribution in [3.63, 3.8) is 0 Å². The minimum Gasteiger partial charge on any atom is -0.493 e. The lowest BCUT2D eigenvalue weighted by molar-refractivity contribution is -0.139. The largest absolute Gasteiger partial charge is 0.493 e. The van der Waals surface area contributed by atoms with Crippen LogP contribution in [0.25, 0.3) is 0 Å². The number of piperazine rings is 1. The smallest absolute Gasteiger partial charge is 0.263 e. The van der Waals surface area contributed by atoms with Gasteiger partial charge in [0.1, 0.15) is 5.75 Å². The molecule has 9 heteroatoms. The van der Waals surface area contributed by atoms with E-state index >= 15 is 0 Å². The van der Waals surface area contributed by atoms with E-state index in [0.29, 0.717) is 30.3 Å². The van der Waals surface area contributed by atoms with Crippen LogP contribution < -0.4 is 14.2 Å². The molecule has 2 aromatic rings. The van der Waals surface area contributed by atoms with E-state index in [2.05, 4.69) is 0 Å². The third-order valence-corrected chi connectivity index (χ3v) is 7.64. The van der Waals surface area contributed by atoms with E-state index in [0.717, 1.165) is 11.1 Å². The van der Waals surface area contributed by atoms with Crippen molar-refractivity contribution in [3.8, 4) is 17.2 Å². The lowest BCUT2D eigenvalue weighted by atomic mass is 10.1. The number of sulfonamides is 1. The van der Waals surface area contributed by atoms with Crippen molar-refractivity contribution < 1.29 is 27.4 Å². The van der Waals surface area contributed by atoms with Crippen molar-refractivity contribution in [3.05, 3.63) is 47.5 Å². The molecule has 0 aromatic heterocycles. The minimum atomic E-state index is -3.72. The van der Waals surface area contributed by atoms with Crippen LogP contribution >= 0.6 is 0 Å². The Morgan fingerprint density at radius 2 is 1.59 bits per heavy atom. The Hall–Kier alpha value is -2.78. The molecular formula is C23H30N2O6S. The van der Waals surface area contributed by atoms with Gasteiger partial charge in [-0.2, -0.15) is 4.31 Å². The predicted molar refractivity (Wildman–Crippen MR) is 121 cm³/mol. The van der Waals surface area contributed by atoms with Gasteiger partial charge in [0, 0.05) is 32.2 Å². The molecule has 0 N–H and O–H groups in total. The highest BCUT2D eigenvalue weighted by Gasteiger charge is 2.32. The second-order valence-corrected chi connectivity index (χ2v) is 9.64. The average Bonchev–Trinajstić information content (AvgIpc) is 2.81. The SMILES string of the molecule is COc1ccc(S(=O)(=O)N2CCN(C(=O)C(C)Oc3cccc(C)c3C)CC2)cc1OC. The molecule has 0 aliphatic carbocycles. The zero-order valence-electron chi connectivity index (χ0n) is 19.1. The number of methoxy groups -OCH3 is 2. The van der Waals surface area contributed by atoms with E-state index < -0.39 is 16.1 Å². The number of carbonyl (C=O) groups excluding carboxylic acids is 1. The maximum Gasteiger partial charge on any atom is 0.263 e. The Morgan fingerprint density at radius 3 is 2.22 bits per heavy atom. The summed E-state index contributed by atoms with van der Waals surface area (Å²) in [4.78, 5) is 14.7. The first-order valence-electron chi connectivity index (χ1n) is 10.4. The Labute approximate surface area is 189 Å². The van der Waals surface area contributed by atoms with E-state index in [1.54, 1.807) is 17.9 Å². The summed E-state index contributed by atoms with van der Waals surface area (Å²) in [6, 6.07) is 10.2. The Morgan fingerprint density at radius 1 is 0.938 bits per heavy atom. The highest BCUT2D eigenvalue weighted by atomic mass is 32.2. The molecule has 1 heterocycles. The molecule has 3 rings (SSSR count). The number of aryl methyl sites for hydroxylation is 1. The highest BCUT2D eigenvalue weighted by Crippen LogP contribution is 2.31. The van der Waals surface area contributed by atoms with Crippen LogP contribution in [0, 0.1) is 13.8 Å². The van der Waals surface area contributed by atoms with Gasteiger partial charge >= 0.3 is 0 Å². The standard InChI is InChI=1S/C23H30N2O6S/c1-16-7-6-8-20(17(16)2)31-18(3)23(26)24-11-13-25(14-12-24)32(27,28)19-9-10-21(29-4)22(15-19)30-5/h6-10,15,18H,11-14H2,1-5H3. The first kappa shape index (κ1) is 23.9. The number of benzene rings is 2. The summed E-state index contributed by atoms with van der Waals surface area (Å²) in [6.45, 7) is 6.68. The Balaban J connectivity index is 1.65. The van der Waals surface area contributed by atoms with E-state index in [1.807, 2.05) is 32.0 Å². The first-order valence-corrected chi connectivity index (χ1v) is 11.9. The van der Waals surface area contributed by atoms with Crippen LogP contribution in [0.15, 0.2) is 41.3 Å². The maximum atomic E-state index is 13.1. The van der Waals surface area contributed by atoms with Crippen LogP contribution in [-0.4, -0.2) is 70.0 Å². The predicted octanol–water partition coefficient (Wildman–Crippen LogP) is 2.62. The van der Waals surface area contributed by atoms with Gasteiger partial charge in [-0.05, 0) is 50.1 Å². The molecule has 1 aliphatic heterocycles. The van der Waals surface area contributed by atoms with E-state index in [-0.39, 0.29) is 23.9 Å². The summed E-state index contributed by atoms with van der Waals surface area (Å²) >= 11 is 0. The zero-order chi connectivity index (χ0) is 23.5. The monoisotopic (exact) mass is 462 g/mol. The average molecular weight is 463 g/mol. The van der Waals surface area contributed by atoms with E-state index in [4.69, 9.17) is 14.2 Å². The van der Waals surface area contributed by atoms with Crippen molar-refractivity contribution in [1.82, 2.24) is 9.21 Å². The molecule has 1 aliphatic rings. The number of amides is 1. The molecule has 1 atom stereocenters. The molecule has 1 saturated heterocycles. The van der Waals surface area contributed by atoms with Crippen molar-refractivity contribution in [2.45, 2.75) is 31.8 Å².